The van der Waals surface area contributed by atoms with Crippen LogP contribution in [-0.2, 0) is 11.4 Å². The van der Waals surface area contributed by atoms with E-state index in [9.17, 15) is 9.59 Å². The van der Waals surface area contributed by atoms with Crippen LogP contribution in [-0.4, -0.2) is 65.5 Å². The Hall–Kier alpha value is -2.84. The van der Waals surface area contributed by atoms with Crippen molar-refractivity contribution in [2.45, 2.75) is 26.0 Å². The van der Waals surface area contributed by atoms with Gasteiger partial charge in [-0.25, -0.2) is 4.59 Å². The van der Waals surface area contributed by atoms with Gasteiger partial charge in [0.2, 0.25) is 0 Å². The SMILES string of the molecule is CO.Cc1cccc(OCc2ccc(C(=O)N3C(CC(=O)O)C[N+]3(C)C)o2)c1. The monoisotopic (exact) mass is 391 g/mol. The third kappa shape index (κ3) is 4.90. The minimum atomic E-state index is -0.917. The second-order valence-electron chi connectivity index (χ2n) is 7.08. The summed E-state index contributed by atoms with van der Waals surface area (Å²) in [5.41, 5.74) is 1.10. The normalized spacial score (nSPS) is 17.2. The Labute approximate surface area is 164 Å². The van der Waals surface area contributed by atoms with Crippen molar-refractivity contribution in [2.24, 2.45) is 0 Å². The minimum absolute atomic E-state index is 0.0720. The van der Waals surface area contributed by atoms with Crippen LogP contribution in [0.1, 0.15) is 28.3 Å². The summed E-state index contributed by atoms with van der Waals surface area (Å²) in [5, 5.41) is 17.5. The zero-order chi connectivity index (χ0) is 20.9. The van der Waals surface area contributed by atoms with Crippen molar-refractivity contribution in [3.05, 3.63) is 53.5 Å². The molecule has 2 N–H and O–H groups in total. The Morgan fingerprint density at radius 2 is 1.96 bits per heavy atom. The van der Waals surface area contributed by atoms with Crippen LogP contribution in [0.2, 0.25) is 0 Å². The maximum Gasteiger partial charge on any atom is 0.334 e. The molecule has 1 atom stereocenters. The Kier molecular flexibility index (Phi) is 6.82. The van der Waals surface area contributed by atoms with Gasteiger partial charge < -0.3 is 19.4 Å². The number of aliphatic hydroxyl groups is 1. The first-order chi connectivity index (χ1) is 13.3. The number of benzene rings is 1. The largest absolute Gasteiger partial charge is 0.486 e. The molecular weight excluding hydrogens is 364 g/mol. The van der Waals surface area contributed by atoms with E-state index in [4.69, 9.17) is 19.4 Å². The fourth-order valence-corrected chi connectivity index (χ4v) is 3.33. The van der Waals surface area contributed by atoms with Crippen LogP contribution in [0.5, 0.6) is 5.75 Å². The number of aliphatic hydroxyl groups excluding tert-OH is 1. The lowest BCUT2D eigenvalue weighted by molar-refractivity contribution is -1.04. The van der Waals surface area contributed by atoms with Gasteiger partial charge in [0.15, 0.2) is 5.76 Å². The Morgan fingerprint density at radius 3 is 2.57 bits per heavy atom. The number of rotatable bonds is 6. The molecule has 0 aliphatic carbocycles. The van der Waals surface area contributed by atoms with E-state index < -0.39 is 5.97 Å². The number of hydrogen-bond acceptors (Lipinski definition) is 5. The molecule has 8 nitrogen and oxygen atoms in total. The molecule has 0 radical (unpaired) electrons. The third-order valence-corrected chi connectivity index (χ3v) is 4.45. The van der Waals surface area contributed by atoms with Crippen LogP contribution in [0.25, 0.3) is 0 Å². The summed E-state index contributed by atoms with van der Waals surface area (Å²) in [6.45, 7) is 2.80. The molecule has 1 unspecified atom stereocenters. The van der Waals surface area contributed by atoms with Crippen molar-refractivity contribution in [3.63, 3.8) is 0 Å². The van der Waals surface area contributed by atoms with Crippen LogP contribution in [0.15, 0.2) is 40.8 Å². The molecule has 1 amide bonds. The van der Waals surface area contributed by atoms with E-state index in [1.165, 1.54) is 5.01 Å². The van der Waals surface area contributed by atoms with E-state index in [0.29, 0.717) is 16.9 Å². The quantitative estimate of drug-likeness (QED) is 0.731. The smallest absolute Gasteiger partial charge is 0.334 e. The summed E-state index contributed by atoms with van der Waals surface area (Å²) in [7, 11) is 4.72. The molecule has 1 fully saturated rings. The molecule has 0 bridgehead atoms. The first kappa shape index (κ1) is 21.5. The summed E-state index contributed by atoms with van der Waals surface area (Å²) in [5.74, 6) is 0.231. The van der Waals surface area contributed by atoms with E-state index in [-0.39, 0.29) is 30.7 Å². The van der Waals surface area contributed by atoms with Gasteiger partial charge in [-0.05, 0) is 36.8 Å². The van der Waals surface area contributed by atoms with E-state index in [0.717, 1.165) is 18.4 Å². The van der Waals surface area contributed by atoms with Crippen LogP contribution in [0.4, 0.5) is 0 Å². The van der Waals surface area contributed by atoms with E-state index >= 15 is 0 Å². The maximum absolute atomic E-state index is 12.7. The molecule has 2 heterocycles. The molecule has 28 heavy (non-hydrogen) atoms. The van der Waals surface area contributed by atoms with Crippen LogP contribution < -0.4 is 4.74 Å². The van der Waals surface area contributed by atoms with E-state index in [1.807, 2.05) is 45.3 Å². The van der Waals surface area contributed by atoms with E-state index in [1.54, 1.807) is 12.1 Å². The van der Waals surface area contributed by atoms with Crippen molar-refractivity contribution >= 4 is 11.9 Å². The fourth-order valence-electron chi connectivity index (χ4n) is 3.33. The Balaban J connectivity index is 0.00000136. The first-order valence-electron chi connectivity index (χ1n) is 8.88. The molecule has 1 aromatic heterocycles. The van der Waals surface area contributed by atoms with Crippen molar-refractivity contribution in [2.75, 3.05) is 27.7 Å². The van der Waals surface area contributed by atoms with Crippen molar-refractivity contribution in [1.82, 2.24) is 5.01 Å². The third-order valence-electron chi connectivity index (χ3n) is 4.45. The van der Waals surface area contributed by atoms with Crippen molar-refractivity contribution in [1.29, 1.82) is 0 Å². The number of aliphatic carboxylic acids is 1. The number of carbonyl (C=O) groups is 2. The number of carboxylic acids is 1. The molecule has 0 saturated carbocycles. The van der Waals surface area contributed by atoms with Gasteiger partial charge in [-0.2, -0.15) is 5.01 Å². The number of quaternary nitrogens is 1. The van der Waals surface area contributed by atoms with Gasteiger partial charge in [-0.3, -0.25) is 9.59 Å². The molecule has 2 aromatic rings. The number of carboxylic acid groups (broad SMARTS) is 1. The maximum atomic E-state index is 12.7. The molecule has 3 rings (SSSR count). The van der Waals surface area contributed by atoms with Crippen molar-refractivity contribution < 1.29 is 33.5 Å². The summed E-state index contributed by atoms with van der Waals surface area (Å²) < 4.78 is 11.6. The van der Waals surface area contributed by atoms with Gasteiger partial charge in [-0.1, -0.05) is 12.1 Å². The molecule has 1 aliphatic rings. The van der Waals surface area contributed by atoms with Crippen LogP contribution in [0, 0.1) is 6.92 Å². The Bertz CT molecular complexity index is 830. The zero-order valence-electron chi connectivity index (χ0n) is 16.6. The van der Waals surface area contributed by atoms with Gasteiger partial charge in [0.25, 0.3) is 0 Å². The predicted octanol–water partition coefficient (Wildman–Crippen LogP) is 2.07. The first-order valence-corrected chi connectivity index (χ1v) is 8.88. The number of aryl methyl sites for hydroxylation is 1. The number of hydrogen-bond donors (Lipinski definition) is 2. The van der Waals surface area contributed by atoms with Gasteiger partial charge in [0.1, 0.15) is 30.7 Å². The summed E-state index contributed by atoms with van der Waals surface area (Å²) in [6.07, 6.45) is -0.0720. The van der Waals surface area contributed by atoms with Gasteiger partial charge in [0.05, 0.1) is 20.5 Å². The average molecular weight is 391 g/mol. The topological polar surface area (TPSA) is 100 Å². The highest BCUT2D eigenvalue weighted by atomic mass is 16.5. The second-order valence-corrected chi connectivity index (χ2v) is 7.08. The van der Waals surface area contributed by atoms with Gasteiger partial charge in [-0.15, -0.1) is 0 Å². The van der Waals surface area contributed by atoms with Crippen LogP contribution in [0.3, 0.4) is 0 Å². The number of likely N-dealkylation sites (N-methyl/N-ethyl adjacent to an activating group) is 1. The average Bonchev–Trinajstić information content (AvgIpc) is 3.09. The van der Waals surface area contributed by atoms with E-state index in [2.05, 4.69) is 0 Å². The highest BCUT2D eigenvalue weighted by Gasteiger charge is 2.51. The fraction of sp³-hybridized carbons (Fsp3) is 0.400. The number of nitrogens with zero attached hydrogens (tertiary/aromatic N) is 2. The van der Waals surface area contributed by atoms with Gasteiger partial charge >= 0.3 is 11.9 Å². The second kappa shape index (κ2) is 8.90. The number of amides is 1. The highest BCUT2D eigenvalue weighted by molar-refractivity contribution is 5.91. The molecule has 152 valence electrons. The minimum Gasteiger partial charge on any atom is -0.486 e. The zero-order valence-corrected chi connectivity index (χ0v) is 16.6. The molecule has 1 aromatic carbocycles. The lowest BCUT2D eigenvalue weighted by Crippen LogP contribution is -2.75. The number of furan rings is 1. The predicted molar refractivity (Wildman–Crippen MR) is 102 cm³/mol. The standard InChI is InChI=1S/C19H22N2O5.CH4O/c1-13-5-4-6-15(9-13)25-12-16-7-8-17(26-16)19(24)20-14(10-18(22)23)11-21(20,2)3;1-2/h4-9,14H,10-12H2,1-3H3;2H,1H3/p+1. The van der Waals surface area contributed by atoms with Crippen LogP contribution >= 0.6 is 0 Å². The van der Waals surface area contributed by atoms with Crippen molar-refractivity contribution in [3.8, 4) is 5.75 Å². The molecule has 1 aliphatic heterocycles. The summed E-state index contributed by atoms with van der Waals surface area (Å²) >= 11 is 0. The lowest BCUT2D eigenvalue weighted by Gasteiger charge is -2.52. The number of ether oxygens (including phenoxy) is 1. The molecule has 1 saturated heterocycles. The number of carbonyl (C=O) groups excluding carboxylic acids is 1. The summed E-state index contributed by atoms with van der Waals surface area (Å²) in [4.78, 5) is 23.7. The molecular formula is C20H27N2O6+. The lowest BCUT2D eigenvalue weighted by atomic mass is 10.1. The van der Waals surface area contributed by atoms with Gasteiger partial charge in [0, 0.05) is 7.11 Å². The molecule has 8 heteroatoms. The molecule has 0 spiro atoms. The Morgan fingerprint density at radius 1 is 1.25 bits per heavy atom. The summed E-state index contributed by atoms with van der Waals surface area (Å²) in [6, 6.07) is 10.7. The highest BCUT2D eigenvalue weighted by Crippen LogP contribution is 2.29.